The Labute approximate surface area is 112 Å². The normalized spacial score (nSPS) is 12.3. The summed E-state index contributed by atoms with van der Waals surface area (Å²) in [6.07, 6.45) is 11.7. The Balaban J connectivity index is 3.84. The van der Waals surface area contributed by atoms with Gasteiger partial charge in [0, 0.05) is 6.04 Å². The van der Waals surface area contributed by atoms with Crippen molar-refractivity contribution in [1.82, 2.24) is 4.90 Å². The average molecular weight is 253 g/mol. The van der Waals surface area contributed by atoms with Gasteiger partial charge in [-0.3, -0.25) is 0 Å². The van der Waals surface area contributed by atoms with E-state index >= 15 is 0 Å². The Morgan fingerprint density at radius 3 is 2.39 bits per heavy atom. The molecule has 0 radical (unpaired) electrons. The fourth-order valence-corrected chi connectivity index (χ4v) is 2.15. The topological polar surface area (TPSA) is 3.24 Å². The molecule has 0 atom stereocenters. The zero-order chi connectivity index (χ0) is 13.8. The van der Waals surface area contributed by atoms with Crippen LogP contribution < -0.4 is 0 Å². The molecule has 0 aliphatic carbocycles. The van der Waals surface area contributed by atoms with Gasteiger partial charge in [0.15, 0.2) is 0 Å². The summed E-state index contributed by atoms with van der Waals surface area (Å²) in [5.41, 5.74) is 0. The molecule has 0 heterocycles. The number of unbranched alkanes of at least 4 members (excludes halogenated alkanes) is 1. The van der Waals surface area contributed by atoms with E-state index in [4.69, 9.17) is 0 Å². The van der Waals surface area contributed by atoms with E-state index in [0.29, 0.717) is 6.04 Å². The molecule has 0 saturated carbocycles. The molecule has 0 aliphatic heterocycles. The highest BCUT2D eigenvalue weighted by Gasteiger charge is 2.11. The van der Waals surface area contributed by atoms with Crippen LogP contribution in [0.4, 0.5) is 4.39 Å². The fourth-order valence-electron chi connectivity index (χ4n) is 2.15. The van der Waals surface area contributed by atoms with Gasteiger partial charge in [-0.15, -0.1) is 0 Å². The molecule has 0 amide bonds. The molecular weight excluding hydrogens is 225 g/mol. The van der Waals surface area contributed by atoms with Crippen LogP contribution in [0.1, 0.15) is 46.5 Å². The van der Waals surface area contributed by atoms with E-state index in [2.05, 4.69) is 38.3 Å². The van der Waals surface area contributed by atoms with E-state index < -0.39 is 5.83 Å². The Morgan fingerprint density at radius 1 is 1.22 bits per heavy atom. The second-order valence-corrected chi connectivity index (χ2v) is 4.48. The van der Waals surface area contributed by atoms with Gasteiger partial charge in [-0.2, -0.15) is 0 Å². The molecule has 0 aromatic carbocycles. The van der Waals surface area contributed by atoms with E-state index in [-0.39, 0.29) is 0 Å². The molecule has 0 aromatic rings. The lowest BCUT2D eigenvalue weighted by atomic mass is 10.1. The van der Waals surface area contributed by atoms with Gasteiger partial charge in [0.2, 0.25) is 0 Å². The van der Waals surface area contributed by atoms with Gasteiger partial charge >= 0.3 is 0 Å². The second-order valence-electron chi connectivity index (χ2n) is 4.48. The first-order valence-corrected chi connectivity index (χ1v) is 7.07. The molecule has 0 aromatic heterocycles. The van der Waals surface area contributed by atoms with Gasteiger partial charge in [0.1, 0.15) is 5.83 Å². The summed E-state index contributed by atoms with van der Waals surface area (Å²) >= 11 is 0. The largest absolute Gasteiger partial charge is 0.301 e. The molecule has 0 aliphatic rings. The van der Waals surface area contributed by atoms with Crippen molar-refractivity contribution in [3.8, 4) is 0 Å². The predicted octanol–water partition coefficient (Wildman–Crippen LogP) is 4.87. The van der Waals surface area contributed by atoms with Crippen molar-refractivity contribution >= 4 is 0 Å². The molecule has 0 spiro atoms. The standard InChI is InChI=1S/C16H28FN/c1-5-16(6-2)18(7-3)14-12-10-8-9-11-13-15(4)17/h8-9,11,13,16H,4-7,10,12,14H2,1-3H3/b9-8-,13-11-. The summed E-state index contributed by atoms with van der Waals surface area (Å²) < 4.78 is 12.3. The fraction of sp³-hybridized carbons (Fsp3) is 0.625. The van der Waals surface area contributed by atoms with Crippen LogP contribution in [0.3, 0.4) is 0 Å². The summed E-state index contributed by atoms with van der Waals surface area (Å²) in [6.45, 7) is 12.2. The first kappa shape index (κ1) is 17.1. The lowest BCUT2D eigenvalue weighted by Gasteiger charge is -2.28. The highest BCUT2D eigenvalue weighted by molar-refractivity contribution is 5.13. The molecule has 18 heavy (non-hydrogen) atoms. The van der Waals surface area contributed by atoms with Crippen molar-refractivity contribution in [2.24, 2.45) is 0 Å². The molecule has 0 bridgehead atoms. The van der Waals surface area contributed by atoms with E-state index in [9.17, 15) is 4.39 Å². The monoisotopic (exact) mass is 253 g/mol. The van der Waals surface area contributed by atoms with Crippen LogP contribution in [0, 0.1) is 0 Å². The highest BCUT2D eigenvalue weighted by atomic mass is 19.1. The number of hydrogen-bond donors (Lipinski definition) is 0. The zero-order valence-corrected chi connectivity index (χ0v) is 12.2. The molecule has 0 N–H and O–H groups in total. The maximum absolute atomic E-state index is 12.3. The van der Waals surface area contributed by atoms with Crippen molar-refractivity contribution in [2.45, 2.75) is 52.5 Å². The van der Waals surface area contributed by atoms with Gasteiger partial charge in [-0.25, -0.2) is 4.39 Å². The maximum atomic E-state index is 12.3. The van der Waals surface area contributed by atoms with Gasteiger partial charge in [-0.1, -0.05) is 45.6 Å². The Bertz CT molecular complexity index is 264. The van der Waals surface area contributed by atoms with E-state index in [0.717, 1.165) is 25.9 Å². The Hall–Kier alpha value is -0.890. The van der Waals surface area contributed by atoms with Gasteiger partial charge in [0.25, 0.3) is 0 Å². The molecular formula is C16H28FN. The van der Waals surface area contributed by atoms with Crippen molar-refractivity contribution in [2.75, 3.05) is 13.1 Å². The minimum Gasteiger partial charge on any atom is -0.301 e. The molecule has 0 fully saturated rings. The summed E-state index contributed by atoms with van der Waals surface area (Å²) in [5, 5.41) is 0. The molecule has 0 unspecified atom stereocenters. The first-order chi connectivity index (χ1) is 8.65. The smallest absolute Gasteiger partial charge is 0.116 e. The summed E-state index contributed by atoms with van der Waals surface area (Å²) in [6, 6.07) is 0.716. The summed E-state index contributed by atoms with van der Waals surface area (Å²) in [4.78, 5) is 2.55. The van der Waals surface area contributed by atoms with Gasteiger partial charge in [-0.05, 0) is 44.8 Å². The quantitative estimate of drug-likeness (QED) is 0.396. The Kier molecular flexibility index (Phi) is 10.7. The third-order valence-electron chi connectivity index (χ3n) is 3.21. The number of halogens is 1. The summed E-state index contributed by atoms with van der Waals surface area (Å²) in [5.74, 6) is -0.398. The number of hydrogen-bond acceptors (Lipinski definition) is 1. The second kappa shape index (κ2) is 11.2. The predicted molar refractivity (Wildman–Crippen MR) is 79.4 cm³/mol. The number of allylic oxidation sites excluding steroid dienone is 5. The van der Waals surface area contributed by atoms with E-state index in [1.165, 1.54) is 18.9 Å². The van der Waals surface area contributed by atoms with E-state index in [1.54, 1.807) is 6.08 Å². The lowest BCUT2D eigenvalue weighted by Crippen LogP contribution is -2.35. The maximum Gasteiger partial charge on any atom is 0.116 e. The van der Waals surface area contributed by atoms with Crippen molar-refractivity contribution in [3.05, 3.63) is 36.7 Å². The van der Waals surface area contributed by atoms with Crippen molar-refractivity contribution < 1.29 is 4.39 Å². The van der Waals surface area contributed by atoms with E-state index in [1.807, 2.05) is 6.08 Å². The van der Waals surface area contributed by atoms with Crippen molar-refractivity contribution in [1.29, 1.82) is 0 Å². The molecule has 1 nitrogen and oxygen atoms in total. The third-order valence-corrected chi connectivity index (χ3v) is 3.21. The molecule has 0 rings (SSSR count). The van der Waals surface area contributed by atoms with Crippen LogP contribution >= 0.6 is 0 Å². The minimum atomic E-state index is -0.398. The van der Waals surface area contributed by atoms with Gasteiger partial charge < -0.3 is 4.90 Å². The van der Waals surface area contributed by atoms with Crippen LogP contribution in [0.25, 0.3) is 0 Å². The first-order valence-electron chi connectivity index (χ1n) is 7.07. The van der Waals surface area contributed by atoms with Crippen LogP contribution in [0.15, 0.2) is 36.7 Å². The van der Waals surface area contributed by atoms with Crippen molar-refractivity contribution in [3.63, 3.8) is 0 Å². The van der Waals surface area contributed by atoms with Gasteiger partial charge in [0.05, 0.1) is 0 Å². The molecule has 104 valence electrons. The SMILES string of the molecule is C=C(F)/C=C\C=C/CCCN(CC)C(CC)CC. The van der Waals surface area contributed by atoms with Crippen LogP contribution in [-0.4, -0.2) is 24.0 Å². The third kappa shape index (κ3) is 8.24. The number of nitrogens with zero attached hydrogens (tertiary/aromatic N) is 1. The Morgan fingerprint density at radius 2 is 1.89 bits per heavy atom. The molecule has 2 heteroatoms. The number of rotatable bonds is 10. The minimum absolute atomic E-state index is 0.398. The highest BCUT2D eigenvalue weighted by Crippen LogP contribution is 2.09. The van der Waals surface area contributed by atoms with Crippen LogP contribution in [0.5, 0.6) is 0 Å². The molecule has 0 saturated heterocycles. The summed E-state index contributed by atoms with van der Waals surface area (Å²) in [7, 11) is 0. The average Bonchev–Trinajstić information content (AvgIpc) is 2.36. The van der Waals surface area contributed by atoms with Crippen LogP contribution in [0.2, 0.25) is 0 Å². The lowest BCUT2D eigenvalue weighted by molar-refractivity contribution is 0.194. The zero-order valence-electron chi connectivity index (χ0n) is 12.2. The van der Waals surface area contributed by atoms with Crippen LogP contribution in [-0.2, 0) is 0 Å².